The molecule has 1 aliphatic rings. The fourth-order valence-electron chi connectivity index (χ4n) is 1.28. The Hall–Kier alpha value is 0.290. The topological polar surface area (TPSA) is 0 Å². The van der Waals surface area contributed by atoms with Crippen molar-refractivity contribution in [2.24, 2.45) is 5.92 Å². The van der Waals surface area contributed by atoms with E-state index in [4.69, 9.17) is 11.6 Å². The predicted octanol–water partition coefficient (Wildman–Crippen LogP) is 3.58. The summed E-state index contributed by atoms with van der Waals surface area (Å²) in [7, 11) is 0. The molecule has 0 radical (unpaired) electrons. The molecule has 0 amide bonds. The van der Waals surface area contributed by atoms with Gasteiger partial charge < -0.3 is 0 Å². The standard InChI is InChI=1S/C9H17Cl/c1-2-3-9(10)7-6-8-4-5-8/h8-9H,2-7H2,1H3. The van der Waals surface area contributed by atoms with Crippen LogP contribution in [0, 0.1) is 5.92 Å². The van der Waals surface area contributed by atoms with Gasteiger partial charge in [0.15, 0.2) is 0 Å². The lowest BCUT2D eigenvalue weighted by molar-refractivity contribution is 0.604. The Morgan fingerprint density at radius 1 is 1.40 bits per heavy atom. The van der Waals surface area contributed by atoms with Crippen LogP contribution in [0.3, 0.4) is 0 Å². The van der Waals surface area contributed by atoms with Gasteiger partial charge in [-0.2, -0.15) is 0 Å². The van der Waals surface area contributed by atoms with Gasteiger partial charge in [-0.25, -0.2) is 0 Å². The first kappa shape index (κ1) is 8.39. The van der Waals surface area contributed by atoms with Gasteiger partial charge in [-0.3, -0.25) is 0 Å². The molecule has 0 bridgehead atoms. The molecular formula is C9H17Cl. The normalized spacial score (nSPS) is 21.0. The lowest BCUT2D eigenvalue weighted by atomic mass is 10.1. The summed E-state index contributed by atoms with van der Waals surface area (Å²) >= 11 is 6.05. The van der Waals surface area contributed by atoms with Crippen molar-refractivity contribution in [2.75, 3.05) is 0 Å². The van der Waals surface area contributed by atoms with E-state index in [0.717, 1.165) is 5.92 Å². The largest absolute Gasteiger partial charge is 0.123 e. The highest BCUT2D eigenvalue weighted by Crippen LogP contribution is 2.34. The van der Waals surface area contributed by atoms with Crippen molar-refractivity contribution in [3.05, 3.63) is 0 Å². The molecule has 0 aliphatic heterocycles. The zero-order valence-corrected chi connectivity index (χ0v) is 7.53. The summed E-state index contributed by atoms with van der Waals surface area (Å²) in [5.41, 5.74) is 0. The molecule has 0 heterocycles. The summed E-state index contributed by atoms with van der Waals surface area (Å²) < 4.78 is 0. The van der Waals surface area contributed by atoms with E-state index in [0.29, 0.717) is 5.38 Å². The second-order valence-electron chi connectivity index (χ2n) is 3.41. The molecule has 1 heteroatoms. The van der Waals surface area contributed by atoms with Crippen molar-refractivity contribution in [1.82, 2.24) is 0 Å². The van der Waals surface area contributed by atoms with E-state index in [-0.39, 0.29) is 0 Å². The minimum absolute atomic E-state index is 0.464. The average molecular weight is 161 g/mol. The minimum Gasteiger partial charge on any atom is -0.123 e. The van der Waals surface area contributed by atoms with Crippen LogP contribution >= 0.6 is 11.6 Å². The number of halogens is 1. The fourth-order valence-corrected chi connectivity index (χ4v) is 1.62. The molecule has 0 saturated heterocycles. The third-order valence-electron chi connectivity index (χ3n) is 2.19. The summed E-state index contributed by atoms with van der Waals surface area (Å²) in [5, 5.41) is 0.464. The molecule has 0 aromatic carbocycles. The van der Waals surface area contributed by atoms with Crippen LogP contribution in [0.15, 0.2) is 0 Å². The molecule has 10 heavy (non-hydrogen) atoms. The Bertz CT molecular complexity index is 86.7. The van der Waals surface area contributed by atoms with Gasteiger partial charge in [-0.05, 0) is 25.2 Å². The van der Waals surface area contributed by atoms with Crippen molar-refractivity contribution in [2.45, 2.75) is 50.8 Å². The third-order valence-corrected chi connectivity index (χ3v) is 2.62. The molecule has 1 fully saturated rings. The molecule has 1 saturated carbocycles. The number of hydrogen-bond acceptors (Lipinski definition) is 0. The third kappa shape index (κ3) is 3.46. The highest BCUT2D eigenvalue weighted by atomic mass is 35.5. The van der Waals surface area contributed by atoms with Crippen molar-refractivity contribution >= 4 is 11.6 Å². The highest BCUT2D eigenvalue weighted by molar-refractivity contribution is 6.20. The lowest BCUT2D eigenvalue weighted by Gasteiger charge is -2.05. The molecule has 0 N–H and O–H groups in total. The van der Waals surface area contributed by atoms with E-state index in [1.807, 2.05) is 0 Å². The minimum atomic E-state index is 0.464. The maximum Gasteiger partial charge on any atom is 0.0336 e. The van der Waals surface area contributed by atoms with E-state index >= 15 is 0 Å². The van der Waals surface area contributed by atoms with Crippen LogP contribution < -0.4 is 0 Å². The zero-order chi connectivity index (χ0) is 7.40. The molecule has 0 nitrogen and oxygen atoms in total. The first-order chi connectivity index (χ1) is 4.83. The molecule has 60 valence electrons. The van der Waals surface area contributed by atoms with Crippen molar-refractivity contribution < 1.29 is 0 Å². The van der Waals surface area contributed by atoms with Gasteiger partial charge in [-0.1, -0.05) is 26.2 Å². The van der Waals surface area contributed by atoms with Crippen LogP contribution in [-0.2, 0) is 0 Å². The first-order valence-electron chi connectivity index (χ1n) is 4.47. The summed E-state index contributed by atoms with van der Waals surface area (Å²) in [6.07, 6.45) is 8.01. The SMILES string of the molecule is CCCC(Cl)CCC1CC1. The average Bonchev–Trinajstić information content (AvgIpc) is 2.67. The Kier molecular flexibility index (Phi) is 3.55. The van der Waals surface area contributed by atoms with Crippen molar-refractivity contribution in [1.29, 1.82) is 0 Å². The fraction of sp³-hybridized carbons (Fsp3) is 1.00. The highest BCUT2D eigenvalue weighted by Gasteiger charge is 2.21. The Labute approximate surface area is 69.0 Å². The van der Waals surface area contributed by atoms with Crippen LogP contribution in [0.5, 0.6) is 0 Å². The number of rotatable bonds is 5. The van der Waals surface area contributed by atoms with E-state index in [1.54, 1.807) is 0 Å². The van der Waals surface area contributed by atoms with Crippen molar-refractivity contribution in [3.63, 3.8) is 0 Å². The quantitative estimate of drug-likeness (QED) is 0.540. The van der Waals surface area contributed by atoms with E-state index < -0.39 is 0 Å². The van der Waals surface area contributed by atoms with Gasteiger partial charge in [0.1, 0.15) is 0 Å². The molecule has 0 spiro atoms. The summed E-state index contributed by atoms with van der Waals surface area (Å²) in [4.78, 5) is 0. The van der Waals surface area contributed by atoms with Gasteiger partial charge in [0, 0.05) is 5.38 Å². The summed E-state index contributed by atoms with van der Waals surface area (Å²) in [6.45, 7) is 2.20. The Morgan fingerprint density at radius 3 is 2.60 bits per heavy atom. The van der Waals surface area contributed by atoms with E-state index in [2.05, 4.69) is 6.92 Å². The smallest absolute Gasteiger partial charge is 0.0336 e. The Morgan fingerprint density at radius 2 is 2.10 bits per heavy atom. The van der Waals surface area contributed by atoms with Crippen LogP contribution in [0.25, 0.3) is 0 Å². The maximum atomic E-state index is 6.05. The zero-order valence-electron chi connectivity index (χ0n) is 6.78. The van der Waals surface area contributed by atoms with Gasteiger partial charge in [-0.15, -0.1) is 11.6 Å². The number of hydrogen-bond donors (Lipinski definition) is 0. The van der Waals surface area contributed by atoms with Gasteiger partial charge in [0.05, 0.1) is 0 Å². The molecule has 0 aromatic rings. The predicted molar refractivity (Wildman–Crippen MR) is 46.5 cm³/mol. The van der Waals surface area contributed by atoms with E-state index in [1.165, 1.54) is 38.5 Å². The molecule has 1 atom stereocenters. The molecule has 0 aromatic heterocycles. The number of alkyl halides is 1. The van der Waals surface area contributed by atoms with Crippen molar-refractivity contribution in [3.8, 4) is 0 Å². The van der Waals surface area contributed by atoms with Gasteiger partial charge in [0.2, 0.25) is 0 Å². The van der Waals surface area contributed by atoms with Crippen LogP contribution in [0.4, 0.5) is 0 Å². The van der Waals surface area contributed by atoms with Crippen LogP contribution in [-0.4, -0.2) is 5.38 Å². The molecule has 1 rings (SSSR count). The lowest BCUT2D eigenvalue weighted by Crippen LogP contribution is -1.97. The second-order valence-corrected chi connectivity index (χ2v) is 4.02. The monoisotopic (exact) mass is 160 g/mol. The molecule has 1 unspecified atom stereocenters. The second kappa shape index (κ2) is 4.23. The molecule has 1 aliphatic carbocycles. The van der Waals surface area contributed by atoms with E-state index in [9.17, 15) is 0 Å². The summed E-state index contributed by atoms with van der Waals surface area (Å²) in [6, 6.07) is 0. The molecular weight excluding hydrogens is 144 g/mol. The van der Waals surface area contributed by atoms with Crippen LogP contribution in [0.2, 0.25) is 0 Å². The maximum absolute atomic E-state index is 6.05. The van der Waals surface area contributed by atoms with Gasteiger partial charge in [0.25, 0.3) is 0 Å². The Balaban J connectivity index is 1.89. The van der Waals surface area contributed by atoms with Gasteiger partial charge >= 0.3 is 0 Å². The van der Waals surface area contributed by atoms with Crippen LogP contribution in [0.1, 0.15) is 45.4 Å². The first-order valence-corrected chi connectivity index (χ1v) is 4.90. The summed E-state index contributed by atoms with van der Waals surface area (Å²) in [5.74, 6) is 1.05.